The molecule has 8 heteroatoms. The van der Waals surface area contributed by atoms with Gasteiger partial charge in [0.1, 0.15) is 11.6 Å². The highest BCUT2D eigenvalue weighted by atomic mass is 32.1. The third kappa shape index (κ3) is 3.52. The Bertz CT molecular complexity index is 1430. The van der Waals surface area contributed by atoms with Gasteiger partial charge < -0.3 is 9.52 Å². The van der Waals surface area contributed by atoms with Gasteiger partial charge in [-0.1, -0.05) is 36.5 Å². The van der Waals surface area contributed by atoms with Crippen molar-refractivity contribution in [3.8, 4) is 0 Å². The van der Waals surface area contributed by atoms with Crippen LogP contribution in [0, 0.1) is 12.7 Å². The highest BCUT2D eigenvalue weighted by Crippen LogP contribution is 2.44. The first-order chi connectivity index (χ1) is 15.9. The molecule has 4 aromatic rings. The molecule has 0 saturated carbocycles. The van der Waals surface area contributed by atoms with Gasteiger partial charge in [0.05, 0.1) is 21.8 Å². The molecule has 0 bridgehead atoms. The van der Waals surface area contributed by atoms with Crippen LogP contribution < -0.4 is 4.90 Å². The van der Waals surface area contributed by atoms with E-state index < -0.39 is 29.3 Å². The summed E-state index contributed by atoms with van der Waals surface area (Å²) < 4.78 is 20.0. The van der Waals surface area contributed by atoms with E-state index >= 15 is 0 Å². The van der Waals surface area contributed by atoms with E-state index in [2.05, 4.69) is 4.98 Å². The van der Waals surface area contributed by atoms with E-state index in [0.29, 0.717) is 22.0 Å². The van der Waals surface area contributed by atoms with E-state index in [1.807, 2.05) is 25.1 Å². The van der Waals surface area contributed by atoms with Crippen molar-refractivity contribution in [3.63, 3.8) is 0 Å². The van der Waals surface area contributed by atoms with E-state index in [4.69, 9.17) is 4.42 Å². The van der Waals surface area contributed by atoms with Gasteiger partial charge in [-0.15, -0.1) is 0 Å². The Balaban J connectivity index is 1.66. The second-order valence-corrected chi connectivity index (χ2v) is 8.79. The number of halogens is 1. The molecule has 1 amide bonds. The van der Waals surface area contributed by atoms with Gasteiger partial charge in [-0.2, -0.15) is 0 Å². The number of Topliss-reactive ketones (excluding diaryl/α,β-unsaturated/α-hetero) is 1. The largest absolute Gasteiger partial charge is 0.503 e. The van der Waals surface area contributed by atoms with Crippen LogP contribution in [0.1, 0.15) is 40.4 Å². The molecular weight excluding hydrogens is 443 g/mol. The Labute approximate surface area is 192 Å². The summed E-state index contributed by atoms with van der Waals surface area (Å²) in [4.78, 5) is 32.4. The minimum atomic E-state index is -0.984. The average molecular weight is 463 g/mol. The fourth-order valence-electron chi connectivity index (χ4n) is 3.96. The summed E-state index contributed by atoms with van der Waals surface area (Å²) in [5.41, 5.74) is 2.17. The highest BCUT2D eigenvalue weighted by molar-refractivity contribution is 7.22. The standard InChI is InChI=1S/C25H19FN2O4S/c1-3-14-5-10-17-19(12-14)33-25(27-17)28-21(15-6-8-16(26)9-7-15)20(23(30)24(28)31)22(29)18-11-4-13(2)32-18/h4-12,21,30H,3H2,1-2H3/t21-/m1/s1. The lowest BCUT2D eigenvalue weighted by Crippen LogP contribution is -2.30. The van der Waals surface area contributed by atoms with Gasteiger partial charge in [-0.05, 0) is 60.9 Å². The molecule has 1 aliphatic rings. The topological polar surface area (TPSA) is 83.6 Å². The Morgan fingerprint density at radius 3 is 2.61 bits per heavy atom. The van der Waals surface area contributed by atoms with Crippen molar-refractivity contribution >= 4 is 38.4 Å². The molecule has 3 heterocycles. The number of nitrogens with zero attached hydrogens (tertiary/aromatic N) is 2. The van der Waals surface area contributed by atoms with Crippen LogP contribution in [0.25, 0.3) is 10.2 Å². The maximum Gasteiger partial charge on any atom is 0.296 e. The molecule has 6 nitrogen and oxygen atoms in total. The number of aliphatic hydroxyl groups is 1. The maximum atomic E-state index is 13.6. The van der Waals surface area contributed by atoms with Gasteiger partial charge in [0.25, 0.3) is 5.91 Å². The van der Waals surface area contributed by atoms with Gasteiger partial charge in [0.2, 0.25) is 5.78 Å². The van der Waals surface area contributed by atoms with E-state index in [0.717, 1.165) is 16.7 Å². The van der Waals surface area contributed by atoms with Crippen molar-refractivity contribution in [3.05, 3.63) is 94.4 Å². The van der Waals surface area contributed by atoms with Crippen LogP contribution in [0.4, 0.5) is 9.52 Å². The number of furan rings is 1. The van der Waals surface area contributed by atoms with Crippen LogP contribution in [0.15, 0.2) is 70.3 Å². The van der Waals surface area contributed by atoms with Crippen molar-refractivity contribution in [1.82, 2.24) is 4.98 Å². The lowest BCUT2D eigenvalue weighted by molar-refractivity contribution is -0.117. The first-order valence-electron chi connectivity index (χ1n) is 10.4. The molecule has 1 atom stereocenters. The summed E-state index contributed by atoms with van der Waals surface area (Å²) in [6.07, 6.45) is 0.855. The van der Waals surface area contributed by atoms with E-state index in [9.17, 15) is 19.1 Å². The molecule has 1 N–H and O–H groups in total. The number of amides is 1. The number of anilines is 1. The molecule has 1 aliphatic heterocycles. The monoisotopic (exact) mass is 462 g/mol. The zero-order valence-electron chi connectivity index (χ0n) is 17.8. The number of carbonyl (C=O) groups is 2. The van der Waals surface area contributed by atoms with Crippen LogP contribution >= 0.6 is 11.3 Å². The molecule has 166 valence electrons. The first kappa shape index (κ1) is 21.1. The van der Waals surface area contributed by atoms with Crippen molar-refractivity contribution in [2.24, 2.45) is 0 Å². The molecule has 0 spiro atoms. The Hall–Kier alpha value is -3.78. The Kier molecular flexibility index (Phi) is 5.09. The number of aromatic nitrogens is 1. The zero-order chi connectivity index (χ0) is 23.3. The number of benzene rings is 2. The fourth-order valence-corrected chi connectivity index (χ4v) is 5.02. The Morgan fingerprint density at radius 2 is 1.94 bits per heavy atom. The third-order valence-corrected chi connectivity index (χ3v) is 6.68. The van der Waals surface area contributed by atoms with E-state index in [1.54, 1.807) is 13.0 Å². The second kappa shape index (κ2) is 7.97. The summed E-state index contributed by atoms with van der Waals surface area (Å²) in [7, 11) is 0. The Morgan fingerprint density at radius 1 is 1.18 bits per heavy atom. The number of fused-ring (bicyclic) bond motifs is 1. The number of aryl methyl sites for hydroxylation is 2. The normalized spacial score (nSPS) is 16.3. The number of rotatable bonds is 5. The van der Waals surface area contributed by atoms with Crippen molar-refractivity contribution < 1.29 is 23.5 Å². The van der Waals surface area contributed by atoms with Crippen LogP contribution in [-0.4, -0.2) is 21.8 Å². The van der Waals surface area contributed by atoms with Gasteiger partial charge in [0.15, 0.2) is 16.7 Å². The number of hydrogen-bond donors (Lipinski definition) is 1. The highest BCUT2D eigenvalue weighted by Gasteiger charge is 2.46. The number of carbonyl (C=O) groups excluding carboxylic acids is 2. The molecule has 0 radical (unpaired) electrons. The second-order valence-electron chi connectivity index (χ2n) is 7.78. The summed E-state index contributed by atoms with van der Waals surface area (Å²) in [5.74, 6) is -1.95. The van der Waals surface area contributed by atoms with Crippen LogP contribution in [0.3, 0.4) is 0 Å². The summed E-state index contributed by atoms with van der Waals surface area (Å²) >= 11 is 1.29. The quantitative estimate of drug-likeness (QED) is 0.386. The van der Waals surface area contributed by atoms with Gasteiger partial charge >= 0.3 is 0 Å². The van der Waals surface area contributed by atoms with Crippen LogP contribution in [0.2, 0.25) is 0 Å². The SMILES string of the molecule is CCc1ccc2nc(N3C(=O)C(O)=C(C(=O)c4ccc(C)o4)[C@H]3c3ccc(F)cc3)sc2c1. The predicted molar refractivity (Wildman–Crippen MR) is 123 cm³/mol. The van der Waals surface area contributed by atoms with Crippen molar-refractivity contribution in [1.29, 1.82) is 0 Å². The predicted octanol–water partition coefficient (Wildman–Crippen LogP) is 5.68. The minimum Gasteiger partial charge on any atom is -0.503 e. The van der Waals surface area contributed by atoms with Gasteiger partial charge in [0, 0.05) is 0 Å². The maximum absolute atomic E-state index is 13.6. The molecule has 33 heavy (non-hydrogen) atoms. The lowest BCUT2D eigenvalue weighted by Gasteiger charge is -2.24. The zero-order valence-corrected chi connectivity index (χ0v) is 18.6. The first-order valence-corrected chi connectivity index (χ1v) is 11.2. The van der Waals surface area contributed by atoms with E-state index in [-0.39, 0.29) is 11.3 Å². The van der Waals surface area contributed by atoms with Crippen molar-refractivity contribution in [2.75, 3.05) is 4.90 Å². The third-order valence-electron chi connectivity index (χ3n) is 5.66. The smallest absolute Gasteiger partial charge is 0.296 e. The molecule has 2 aromatic heterocycles. The molecule has 0 saturated heterocycles. The molecule has 5 rings (SSSR count). The number of thiazole rings is 1. The fraction of sp³-hybridized carbons (Fsp3) is 0.160. The summed E-state index contributed by atoms with van der Waals surface area (Å²) in [6.45, 7) is 3.74. The van der Waals surface area contributed by atoms with Crippen molar-refractivity contribution in [2.45, 2.75) is 26.3 Å². The summed E-state index contributed by atoms with van der Waals surface area (Å²) in [6, 6.07) is 13.5. The average Bonchev–Trinajstić information content (AvgIpc) is 3.49. The van der Waals surface area contributed by atoms with Crippen LogP contribution in [0.5, 0.6) is 0 Å². The van der Waals surface area contributed by atoms with Gasteiger partial charge in [-0.3, -0.25) is 14.5 Å². The number of hydrogen-bond acceptors (Lipinski definition) is 6. The van der Waals surface area contributed by atoms with Crippen LogP contribution in [-0.2, 0) is 11.2 Å². The van der Waals surface area contributed by atoms with Gasteiger partial charge in [-0.25, -0.2) is 9.37 Å². The number of aliphatic hydroxyl groups excluding tert-OH is 1. The summed E-state index contributed by atoms with van der Waals surface area (Å²) in [5, 5.41) is 11.1. The molecular formula is C25H19FN2O4S. The lowest BCUT2D eigenvalue weighted by atomic mass is 9.95. The molecule has 0 aliphatic carbocycles. The van der Waals surface area contributed by atoms with E-state index in [1.165, 1.54) is 46.6 Å². The molecule has 0 unspecified atom stereocenters. The number of ketones is 1. The minimum absolute atomic E-state index is 0.00713. The molecule has 0 fully saturated rings. The molecule has 2 aromatic carbocycles.